The molecule has 3 rings (SSSR count). The van der Waals surface area contributed by atoms with Gasteiger partial charge in [-0.1, -0.05) is 18.5 Å². The van der Waals surface area contributed by atoms with Crippen molar-refractivity contribution in [3.8, 4) is 11.5 Å². The zero-order valence-electron chi connectivity index (χ0n) is 15.8. The van der Waals surface area contributed by atoms with E-state index < -0.39 is 0 Å². The van der Waals surface area contributed by atoms with E-state index in [0.717, 1.165) is 37.5 Å². The van der Waals surface area contributed by atoms with E-state index in [4.69, 9.17) is 21.1 Å². The highest BCUT2D eigenvalue weighted by Gasteiger charge is 2.18. The van der Waals surface area contributed by atoms with E-state index in [1.54, 1.807) is 24.5 Å². The monoisotopic (exact) mass is 389 g/mol. The largest absolute Gasteiger partial charge is 0.495 e. The lowest BCUT2D eigenvalue weighted by molar-refractivity contribution is 0.102. The number of rotatable bonds is 5. The molecule has 0 bridgehead atoms. The molecule has 0 unspecified atom stereocenters. The van der Waals surface area contributed by atoms with E-state index in [-0.39, 0.29) is 5.91 Å². The number of nitrogens with zero attached hydrogens (tertiary/aromatic N) is 2. The van der Waals surface area contributed by atoms with Crippen LogP contribution in [0.2, 0.25) is 5.02 Å². The van der Waals surface area contributed by atoms with Crippen molar-refractivity contribution in [2.75, 3.05) is 37.5 Å². The van der Waals surface area contributed by atoms with Gasteiger partial charge >= 0.3 is 0 Å². The van der Waals surface area contributed by atoms with Gasteiger partial charge < -0.3 is 19.7 Å². The highest BCUT2D eigenvalue weighted by atomic mass is 35.5. The van der Waals surface area contributed by atoms with Crippen LogP contribution in [0, 0.1) is 5.92 Å². The molecule has 0 atom stereocenters. The van der Waals surface area contributed by atoms with Crippen LogP contribution in [-0.2, 0) is 0 Å². The predicted molar refractivity (Wildman–Crippen MR) is 107 cm³/mol. The fourth-order valence-corrected chi connectivity index (χ4v) is 3.38. The molecule has 1 amide bonds. The van der Waals surface area contributed by atoms with Gasteiger partial charge in [-0.2, -0.15) is 0 Å². The fourth-order valence-electron chi connectivity index (χ4n) is 3.14. The first-order valence-corrected chi connectivity index (χ1v) is 9.32. The summed E-state index contributed by atoms with van der Waals surface area (Å²) in [6.07, 6.45) is 5.67. The Kier molecular flexibility index (Phi) is 6.06. The number of benzene rings is 1. The Morgan fingerprint density at radius 3 is 2.52 bits per heavy atom. The second-order valence-electron chi connectivity index (χ2n) is 6.74. The molecule has 6 nitrogen and oxygen atoms in total. The molecule has 0 radical (unpaired) electrons. The molecule has 1 aliphatic rings. The third kappa shape index (κ3) is 4.45. The molecular weight excluding hydrogens is 366 g/mol. The zero-order chi connectivity index (χ0) is 19.4. The summed E-state index contributed by atoms with van der Waals surface area (Å²) in [5, 5.41) is 3.27. The summed E-state index contributed by atoms with van der Waals surface area (Å²) < 4.78 is 10.5. The highest BCUT2D eigenvalue weighted by Crippen LogP contribution is 2.36. The maximum atomic E-state index is 12.8. The number of nitrogens with one attached hydrogen (secondary N) is 1. The zero-order valence-corrected chi connectivity index (χ0v) is 16.5. The summed E-state index contributed by atoms with van der Waals surface area (Å²) in [6, 6.07) is 5.12. The van der Waals surface area contributed by atoms with Crippen LogP contribution in [0.3, 0.4) is 0 Å². The third-order valence-electron chi connectivity index (χ3n) is 4.86. The minimum atomic E-state index is -0.266. The number of anilines is 2. The summed E-state index contributed by atoms with van der Waals surface area (Å²) in [6.45, 7) is 4.24. The highest BCUT2D eigenvalue weighted by molar-refractivity contribution is 6.32. The first-order chi connectivity index (χ1) is 13.0. The van der Waals surface area contributed by atoms with Crippen molar-refractivity contribution in [2.45, 2.75) is 19.8 Å². The van der Waals surface area contributed by atoms with Gasteiger partial charge in [-0.25, -0.2) is 0 Å². The summed E-state index contributed by atoms with van der Waals surface area (Å²) in [4.78, 5) is 19.3. The molecule has 1 aromatic heterocycles. The van der Waals surface area contributed by atoms with Gasteiger partial charge in [0.15, 0.2) is 0 Å². The molecule has 0 aliphatic carbocycles. The number of methoxy groups -OCH3 is 2. The number of aromatic nitrogens is 1. The van der Waals surface area contributed by atoms with Crippen LogP contribution in [0.25, 0.3) is 0 Å². The number of carbonyl (C=O) groups is 1. The van der Waals surface area contributed by atoms with Gasteiger partial charge in [-0.3, -0.25) is 9.78 Å². The van der Waals surface area contributed by atoms with Crippen LogP contribution in [0.15, 0.2) is 30.6 Å². The molecule has 1 saturated heterocycles. The normalized spacial score (nSPS) is 14.7. The van der Waals surface area contributed by atoms with Crippen molar-refractivity contribution in [3.63, 3.8) is 0 Å². The Balaban J connectivity index is 1.80. The van der Waals surface area contributed by atoms with Crippen LogP contribution < -0.4 is 19.7 Å². The third-order valence-corrected chi connectivity index (χ3v) is 5.15. The average Bonchev–Trinajstić information content (AvgIpc) is 2.69. The van der Waals surface area contributed by atoms with Gasteiger partial charge in [0.25, 0.3) is 5.91 Å². The van der Waals surface area contributed by atoms with Crippen LogP contribution in [0.5, 0.6) is 11.5 Å². The Labute approximate surface area is 164 Å². The van der Waals surface area contributed by atoms with Crippen molar-refractivity contribution >= 4 is 28.9 Å². The van der Waals surface area contributed by atoms with Gasteiger partial charge in [-0.15, -0.1) is 0 Å². The predicted octanol–water partition coefficient (Wildman–Crippen LogP) is 4.24. The Morgan fingerprint density at radius 1 is 1.15 bits per heavy atom. The Morgan fingerprint density at radius 2 is 1.85 bits per heavy atom. The number of pyridine rings is 1. The topological polar surface area (TPSA) is 63.7 Å². The van der Waals surface area contributed by atoms with Gasteiger partial charge in [0.05, 0.1) is 42.4 Å². The number of ether oxygens (including phenoxy) is 2. The van der Waals surface area contributed by atoms with Crippen molar-refractivity contribution in [3.05, 3.63) is 41.2 Å². The quantitative estimate of drug-likeness (QED) is 0.828. The molecule has 0 spiro atoms. The molecule has 2 aromatic rings. The summed E-state index contributed by atoms with van der Waals surface area (Å²) in [5.74, 6) is 1.40. The molecule has 1 N–H and O–H groups in total. The number of hydrogen-bond acceptors (Lipinski definition) is 5. The Bertz CT molecular complexity index is 820. The Hall–Kier alpha value is -2.47. The first-order valence-electron chi connectivity index (χ1n) is 8.94. The molecule has 2 heterocycles. The second-order valence-corrected chi connectivity index (χ2v) is 7.15. The lowest BCUT2D eigenvalue weighted by Crippen LogP contribution is -2.33. The maximum absolute atomic E-state index is 12.8. The number of halogens is 1. The fraction of sp³-hybridized carbons (Fsp3) is 0.400. The van der Waals surface area contributed by atoms with E-state index in [1.165, 1.54) is 14.2 Å². The molecule has 144 valence electrons. The van der Waals surface area contributed by atoms with Crippen molar-refractivity contribution in [2.24, 2.45) is 5.92 Å². The van der Waals surface area contributed by atoms with Crippen molar-refractivity contribution in [1.29, 1.82) is 0 Å². The van der Waals surface area contributed by atoms with Crippen LogP contribution in [0.4, 0.5) is 11.4 Å². The van der Waals surface area contributed by atoms with Gasteiger partial charge in [0.1, 0.15) is 11.5 Å². The molecule has 1 fully saturated rings. The molecule has 1 aliphatic heterocycles. The van der Waals surface area contributed by atoms with E-state index >= 15 is 0 Å². The summed E-state index contributed by atoms with van der Waals surface area (Å²) in [5.41, 5.74) is 1.94. The van der Waals surface area contributed by atoms with Gasteiger partial charge in [-0.05, 0) is 24.8 Å². The maximum Gasteiger partial charge on any atom is 0.257 e. The average molecular weight is 390 g/mol. The molecular formula is C20H24ClN3O3. The van der Waals surface area contributed by atoms with E-state index in [1.807, 2.05) is 6.07 Å². The summed E-state index contributed by atoms with van der Waals surface area (Å²) >= 11 is 6.12. The number of piperidine rings is 1. The standard InChI is InChI=1S/C20H24ClN3O3/c1-13-4-6-24(7-5-13)15-8-14(11-22-12-15)20(25)23-17-10-18(26-2)16(21)9-19(17)27-3/h8-13H,4-7H2,1-3H3,(H,23,25). The first kappa shape index (κ1) is 19.3. The van der Waals surface area contributed by atoms with E-state index in [9.17, 15) is 4.79 Å². The number of carbonyl (C=O) groups excluding carboxylic acids is 1. The minimum Gasteiger partial charge on any atom is -0.495 e. The van der Waals surface area contributed by atoms with Crippen molar-refractivity contribution in [1.82, 2.24) is 4.98 Å². The lowest BCUT2D eigenvalue weighted by atomic mass is 9.99. The van der Waals surface area contributed by atoms with Gasteiger partial charge in [0, 0.05) is 31.4 Å². The van der Waals surface area contributed by atoms with Gasteiger partial charge in [0.2, 0.25) is 0 Å². The van der Waals surface area contributed by atoms with Crippen LogP contribution >= 0.6 is 11.6 Å². The minimum absolute atomic E-state index is 0.266. The lowest BCUT2D eigenvalue weighted by Gasteiger charge is -2.32. The molecule has 0 saturated carbocycles. The summed E-state index contributed by atoms with van der Waals surface area (Å²) in [7, 11) is 3.04. The molecule has 7 heteroatoms. The van der Waals surface area contributed by atoms with E-state index in [0.29, 0.717) is 27.8 Å². The van der Waals surface area contributed by atoms with Crippen LogP contribution in [-0.4, -0.2) is 38.2 Å². The van der Waals surface area contributed by atoms with E-state index in [2.05, 4.69) is 22.1 Å². The molecule has 27 heavy (non-hydrogen) atoms. The van der Waals surface area contributed by atoms with Crippen LogP contribution in [0.1, 0.15) is 30.1 Å². The number of amides is 1. The van der Waals surface area contributed by atoms with Crippen molar-refractivity contribution < 1.29 is 14.3 Å². The SMILES string of the molecule is COc1cc(NC(=O)c2cncc(N3CCC(C)CC3)c2)c(OC)cc1Cl. The molecule has 1 aromatic carbocycles. The number of hydrogen-bond donors (Lipinski definition) is 1. The second kappa shape index (κ2) is 8.48. The smallest absolute Gasteiger partial charge is 0.257 e.